The van der Waals surface area contributed by atoms with Crippen LogP contribution in [0.3, 0.4) is 0 Å². The summed E-state index contributed by atoms with van der Waals surface area (Å²) in [4.78, 5) is 33.7. The van der Waals surface area contributed by atoms with Crippen LogP contribution < -0.4 is 20.5 Å². The maximum Gasteiger partial charge on any atom is 0.253 e. The van der Waals surface area contributed by atoms with Crippen molar-refractivity contribution in [1.82, 2.24) is 15.2 Å². The highest BCUT2D eigenvalue weighted by Crippen LogP contribution is 2.40. The van der Waals surface area contributed by atoms with Gasteiger partial charge in [-0.05, 0) is 82.8 Å². The molecule has 10 heteroatoms. The zero-order valence-electron chi connectivity index (χ0n) is 25.7. The standard InChI is InChI=1S/C33H46F2N4O4/c1-4-39(24-8-10-33(34,35)11-9-24)30-18-27(43-26-15-25(16-26)38-12-6-5-7-13-38)17-28(22(30)3)31(41)36-19-29-23(20-40)14-21(2)37-32(29)42/h14,17-18,24-26,40H,4-13,15-16,19-20H2,1-3H3,(H,36,41)(H,37,42). The molecule has 3 aliphatic rings. The molecule has 0 spiro atoms. The normalized spacial score (nSPS) is 22.6. The third-order valence-corrected chi connectivity index (χ3v) is 9.61. The number of aliphatic hydroxyl groups is 1. The van der Waals surface area contributed by atoms with Gasteiger partial charge in [-0.1, -0.05) is 6.42 Å². The van der Waals surface area contributed by atoms with Gasteiger partial charge in [0.25, 0.3) is 11.5 Å². The molecule has 236 valence electrons. The number of alkyl halides is 2. The van der Waals surface area contributed by atoms with Gasteiger partial charge >= 0.3 is 0 Å². The summed E-state index contributed by atoms with van der Waals surface area (Å²) in [6.07, 6.45) is 6.21. The molecule has 1 aromatic heterocycles. The Bertz CT molecular complexity index is 1340. The van der Waals surface area contributed by atoms with E-state index in [1.165, 1.54) is 19.3 Å². The highest BCUT2D eigenvalue weighted by Gasteiger charge is 2.38. The van der Waals surface area contributed by atoms with Crippen LogP contribution in [0.5, 0.6) is 5.75 Å². The first kappa shape index (κ1) is 31.4. The fourth-order valence-electron chi connectivity index (χ4n) is 7.03. The van der Waals surface area contributed by atoms with Crippen LogP contribution in [0.1, 0.15) is 97.5 Å². The van der Waals surface area contributed by atoms with Crippen molar-refractivity contribution in [1.29, 1.82) is 0 Å². The summed E-state index contributed by atoms with van der Waals surface area (Å²) in [5.74, 6) is -2.40. The number of carbonyl (C=O) groups excluding carboxylic acids is 1. The number of pyridine rings is 1. The van der Waals surface area contributed by atoms with Crippen LogP contribution in [0, 0.1) is 13.8 Å². The van der Waals surface area contributed by atoms with Gasteiger partial charge < -0.3 is 29.9 Å². The number of nitrogens with zero attached hydrogens (tertiary/aromatic N) is 2. The van der Waals surface area contributed by atoms with Gasteiger partial charge in [-0.25, -0.2) is 8.78 Å². The van der Waals surface area contributed by atoms with Gasteiger partial charge in [0.2, 0.25) is 5.92 Å². The van der Waals surface area contributed by atoms with Crippen LogP contribution in [0.2, 0.25) is 0 Å². The number of aromatic amines is 1. The van der Waals surface area contributed by atoms with Crippen molar-refractivity contribution < 1.29 is 23.4 Å². The minimum Gasteiger partial charge on any atom is -0.490 e. The Hall–Kier alpha value is -2.98. The van der Waals surface area contributed by atoms with E-state index in [0.717, 1.165) is 37.2 Å². The smallest absolute Gasteiger partial charge is 0.253 e. The second-order valence-electron chi connectivity index (χ2n) is 12.6. The van der Waals surface area contributed by atoms with E-state index in [4.69, 9.17) is 4.74 Å². The molecule has 0 bridgehead atoms. The van der Waals surface area contributed by atoms with E-state index >= 15 is 0 Å². The van der Waals surface area contributed by atoms with Gasteiger partial charge in [-0.15, -0.1) is 0 Å². The lowest BCUT2D eigenvalue weighted by atomic mass is 9.86. The summed E-state index contributed by atoms with van der Waals surface area (Å²) in [5, 5.41) is 12.7. The van der Waals surface area contributed by atoms with Crippen molar-refractivity contribution in [2.45, 2.75) is 116 Å². The quantitative estimate of drug-likeness (QED) is 0.346. The molecule has 1 aromatic carbocycles. The third kappa shape index (κ3) is 7.23. The maximum absolute atomic E-state index is 14.0. The second-order valence-corrected chi connectivity index (χ2v) is 12.6. The van der Waals surface area contributed by atoms with Crippen molar-refractivity contribution in [3.63, 3.8) is 0 Å². The molecular formula is C33H46F2N4O4. The molecule has 0 radical (unpaired) electrons. The molecule has 8 nitrogen and oxygen atoms in total. The van der Waals surface area contributed by atoms with Crippen molar-refractivity contribution in [3.05, 3.63) is 56.5 Å². The lowest BCUT2D eigenvalue weighted by Crippen LogP contribution is -2.50. The van der Waals surface area contributed by atoms with Gasteiger partial charge in [0.1, 0.15) is 11.9 Å². The van der Waals surface area contributed by atoms with Crippen LogP contribution in [-0.4, -0.2) is 64.6 Å². The number of amides is 1. The van der Waals surface area contributed by atoms with Gasteiger partial charge in [-0.2, -0.15) is 0 Å². The van der Waals surface area contributed by atoms with Crippen molar-refractivity contribution in [2.24, 2.45) is 0 Å². The highest BCUT2D eigenvalue weighted by atomic mass is 19.3. The van der Waals surface area contributed by atoms with Gasteiger partial charge in [0.15, 0.2) is 0 Å². The topological polar surface area (TPSA) is 97.9 Å². The van der Waals surface area contributed by atoms with Crippen LogP contribution in [-0.2, 0) is 13.2 Å². The summed E-state index contributed by atoms with van der Waals surface area (Å²) in [6, 6.07) is 5.90. The van der Waals surface area contributed by atoms with E-state index in [9.17, 15) is 23.5 Å². The van der Waals surface area contributed by atoms with Crippen molar-refractivity contribution >= 4 is 11.6 Å². The number of H-pyrrole nitrogens is 1. The number of nitrogens with one attached hydrogen (secondary N) is 2. The fraction of sp³-hybridized carbons (Fsp3) is 0.636. The minimum absolute atomic E-state index is 0.0421. The molecule has 2 saturated carbocycles. The monoisotopic (exact) mass is 600 g/mol. The summed E-state index contributed by atoms with van der Waals surface area (Å²) < 4.78 is 34.5. The average molecular weight is 601 g/mol. The van der Waals surface area contributed by atoms with E-state index in [1.54, 1.807) is 19.1 Å². The van der Waals surface area contributed by atoms with Crippen LogP contribution in [0.15, 0.2) is 23.0 Å². The number of hydrogen-bond acceptors (Lipinski definition) is 6. The number of aliphatic hydroxyl groups excluding tert-OH is 1. The Morgan fingerprint density at radius 3 is 2.49 bits per heavy atom. The summed E-state index contributed by atoms with van der Waals surface area (Å²) in [6.45, 7) is 8.17. The predicted molar refractivity (Wildman–Crippen MR) is 163 cm³/mol. The zero-order chi connectivity index (χ0) is 30.7. The van der Waals surface area contributed by atoms with Crippen molar-refractivity contribution in [3.8, 4) is 5.75 Å². The van der Waals surface area contributed by atoms with E-state index in [-0.39, 0.29) is 49.6 Å². The van der Waals surface area contributed by atoms with Gasteiger partial charge in [0.05, 0.1) is 6.61 Å². The lowest BCUT2D eigenvalue weighted by Gasteiger charge is -2.44. The van der Waals surface area contributed by atoms with Crippen LogP contribution in [0.25, 0.3) is 0 Å². The number of likely N-dealkylation sites (tertiary alicyclic amines) is 1. The number of aromatic nitrogens is 1. The first-order valence-electron chi connectivity index (χ1n) is 15.9. The summed E-state index contributed by atoms with van der Waals surface area (Å²) in [7, 11) is 0. The fourth-order valence-corrected chi connectivity index (χ4v) is 7.03. The molecule has 5 rings (SSSR count). The number of piperidine rings is 1. The Morgan fingerprint density at radius 1 is 1.14 bits per heavy atom. The number of hydrogen-bond donors (Lipinski definition) is 3. The second kappa shape index (κ2) is 13.3. The minimum atomic E-state index is -2.63. The molecule has 1 aliphatic heterocycles. The first-order chi connectivity index (χ1) is 20.6. The molecule has 1 saturated heterocycles. The Kier molecular flexibility index (Phi) is 9.76. The molecule has 3 fully saturated rings. The molecule has 1 amide bonds. The van der Waals surface area contributed by atoms with Crippen molar-refractivity contribution in [2.75, 3.05) is 24.5 Å². The van der Waals surface area contributed by atoms with E-state index in [2.05, 4.69) is 20.1 Å². The molecule has 3 N–H and O–H groups in total. The summed E-state index contributed by atoms with van der Waals surface area (Å²) in [5.41, 5.74) is 3.04. The molecule has 2 aliphatic carbocycles. The predicted octanol–water partition coefficient (Wildman–Crippen LogP) is 5.21. The summed E-state index contributed by atoms with van der Waals surface area (Å²) >= 11 is 0. The molecular weight excluding hydrogens is 554 g/mol. The number of ether oxygens (including phenoxy) is 1. The average Bonchev–Trinajstić information content (AvgIpc) is 2.96. The Morgan fingerprint density at radius 2 is 1.84 bits per heavy atom. The number of anilines is 1. The van der Waals surface area contributed by atoms with Gasteiger partial charge in [0, 0.05) is 79.4 Å². The lowest BCUT2D eigenvalue weighted by molar-refractivity contribution is -0.0380. The third-order valence-electron chi connectivity index (χ3n) is 9.61. The van der Waals surface area contributed by atoms with Crippen LogP contribution >= 0.6 is 0 Å². The van der Waals surface area contributed by atoms with E-state index in [1.807, 2.05) is 19.9 Å². The number of benzene rings is 1. The first-order valence-corrected chi connectivity index (χ1v) is 15.9. The number of carbonyl (C=O) groups is 1. The number of halogens is 2. The van der Waals surface area contributed by atoms with Crippen LogP contribution in [0.4, 0.5) is 14.5 Å². The van der Waals surface area contributed by atoms with Gasteiger partial charge in [-0.3, -0.25) is 9.59 Å². The number of aryl methyl sites for hydroxylation is 1. The molecule has 0 unspecified atom stereocenters. The number of rotatable bonds is 10. The van der Waals surface area contributed by atoms with E-state index < -0.39 is 5.92 Å². The molecule has 2 aromatic rings. The Balaban J connectivity index is 1.39. The molecule has 0 atom stereocenters. The largest absolute Gasteiger partial charge is 0.490 e. The highest BCUT2D eigenvalue weighted by molar-refractivity contribution is 5.97. The molecule has 2 heterocycles. The Labute approximate surface area is 252 Å². The SMILES string of the molecule is CCN(c1cc(OC2CC(N3CCCCC3)C2)cc(C(=O)NCc2c(CO)cc(C)[nH]c2=O)c1C)C1CCC(F)(F)CC1. The van der Waals surface area contributed by atoms with E-state index in [0.29, 0.717) is 53.6 Å². The molecule has 43 heavy (non-hydrogen) atoms. The maximum atomic E-state index is 14.0. The zero-order valence-corrected chi connectivity index (χ0v) is 25.7.